The largest absolute Gasteiger partial charge is 0.323 e. The first-order chi connectivity index (χ1) is 3.95. The summed E-state index contributed by atoms with van der Waals surface area (Å²) in [5.74, 6) is 5.07. The van der Waals surface area contributed by atoms with Crippen LogP contribution in [-0.2, 0) is 0 Å². The molecule has 2 heteroatoms. The fraction of sp³-hybridized carbons (Fsp3) is 0.857. The third kappa shape index (κ3) is 5.34. The van der Waals surface area contributed by atoms with Crippen molar-refractivity contribution >= 4 is 5.71 Å². The molecule has 2 nitrogen and oxygen atoms in total. The van der Waals surface area contributed by atoms with E-state index in [0.717, 1.165) is 12.1 Å². The topological polar surface area (TPSA) is 38.4 Å². The van der Waals surface area contributed by atoms with E-state index in [-0.39, 0.29) is 0 Å². The van der Waals surface area contributed by atoms with Crippen LogP contribution in [0.4, 0.5) is 0 Å². The summed E-state index contributed by atoms with van der Waals surface area (Å²) in [7, 11) is 0. The molecule has 0 aliphatic carbocycles. The van der Waals surface area contributed by atoms with Crippen molar-refractivity contribution in [2.75, 3.05) is 0 Å². The molecular formula is C7H16N2. The third-order valence-corrected chi connectivity index (χ3v) is 1.01. The van der Waals surface area contributed by atoms with Gasteiger partial charge in [-0.05, 0) is 18.8 Å². The van der Waals surface area contributed by atoms with Gasteiger partial charge in [0.05, 0.1) is 0 Å². The lowest BCUT2D eigenvalue weighted by Gasteiger charge is -2.16. The summed E-state index contributed by atoms with van der Waals surface area (Å²) in [6, 6.07) is 0. The number of hydrogen-bond donors (Lipinski definition) is 1. The molecule has 0 aromatic rings. The van der Waals surface area contributed by atoms with Crippen molar-refractivity contribution in [1.82, 2.24) is 0 Å². The number of nitrogens with zero attached hydrogens (tertiary/aromatic N) is 1. The Hall–Kier alpha value is -0.530. The Balaban J connectivity index is 3.75. The highest BCUT2D eigenvalue weighted by atomic mass is 15.1. The van der Waals surface area contributed by atoms with E-state index in [0.29, 0.717) is 5.41 Å². The molecule has 0 aromatic carbocycles. The average Bonchev–Trinajstić information content (AvgIpc) is 1.62. The van der Waals surface area contributed by atoms with Crippen molar-refractivity contribution in [2.45, 2.75) is 34.1 Å². The molecule has 0 saturated heterocycles. The average molecular weight is 128 g/mol. The molecule has 0 radical (unpaired) electrons. The first-order valence-electron chi connectivity index (χ1n) is 3.19. The number of hydrazone groups is 1. The van der Waals surface area contributed by atoms with Gasteiger partial charge in [-0.2, -0.15) is 5.10 Å². The minimum atomic E-state index is 0.312. The summed E-state index contributed by atoms with van der Waals surface area (Å²) in [5, 5.41) is 3.59. The minimum absolute atomic E-state index is 0.312. The van der Waals surface area contributed by atoms with E-state index in [4.69, 9.17) is 5.84 Å². The van der Waals surface area contributed by atoms with Crippen LogP contribution in [-0.4, -0.2) is 5.71 Å². The molecule has 9 heavy (non-hydrogen) atoms. The van der Waals surface area contributed by atoms with Crippen molar-refractivity contribution in [1.29, 1.82) is 0 Å². The van der Waals surface area contributed by atoms with Crippen molar-refractivity contribution in [3.05, 3.63) is 0 Å². The van der Waals surface area contributed by atoms with Crippen molar-refractivity contribution in [2.24, 2.45) is 16.4 Å². The fourth-order valence-electron chi connectivity index (χ4n) is 0.813. The van der Waals surface area contributed by atoms with Crippen LogP contribution >= 0.6 is 0 Å². The van der Waals surface area contributed by atoms with Gasteiger partial charge in [0.2, 0.25) is 0 Å². The van der Waals surface area contributed by atoms with E-state index in [2.05, 4.69) is 25.9 Å². The Morgan fingerprint density at radius 3 is 2.00 bits per heavy atom. The van der Waals surface area contributed by atoms with Gasteiger partial charge in [-0.1, -0.05) is 20.8 Å². The van der Waals surface area contributed by atoms with Crippen molar-refractivity contribution in [3.63, 3.8) is 0 Å². The van der Waals surface area contributed by atoms with Crippen molar-refractivity contribution in [3.8, 4) is 0 Å². The predicted molar refractivity (Wildman–Crippen MR) is 41.4 cm³/mol. The third-order valence-electron chi connectivity index (χ3n) is 1.01. The standard InChI is InChI=1S/C7H16N2/c1-6(9-8)5-7(2,3)4/h5,8H2,1-4H3/b9-6+. The lowest BCUT2D eigenvalue weighted by molar-refractivity contribution is 0.433. The van der Waals surface area contributed by atoms with E-state index < -0.39 is 0 Å². The lowest BCUT2D eigenvalue weighted by Crippen LogP contribution is -2.11. The molecule has 0 aromatic heterocycles. The van der Waals surface area contributed by atoms with Gasteiger partial charge in [-0.15, -0.1) is 0 Å². The summed E-state index contributed by atoms with van der Waals surface area (Å²) in [4.78, 5) is 0. The molecule has 0 atom stereocenters. The second kappa shape index (κ2) is 2.85. The van der Waals surface area contributed by atoms with Crippen LogP contribution in [0.2, 0.25) is 0 Å². The second-order valence-electron chi connectivity index (χ2n) is 3.60. The van der Waals surface area contributed by atoms with Gasteiger partial charge in [0, 0.05) is 5.71 Å². The van der Waals surface area contributed by atoms with Crippen LogP contribution in [0.5, 0.6) is 0 Å². The number of rotatable bonds is 1. The van der Waals surface area contributed by atoms with Crippen LogP contribution in [0.25, 0.3) is 0 Å². The molecule has 0 bridgehead atoms. The molecule has 0 rings (SSSR count). The van der Waals surface area contributed by atoms with E-state index in [1.165, 1.54) is 0 Å². The highest BCUT2D eigenvalue weighted by Crippen LogP contribution is 2.18. The molecule has 0 unspecified atom stereocenters. The molecule has 0 amide bonds. The maximum Gasteiger partial charge on any atom is 0.0350 e. The molecule has 0 heterocycles. The Kier molecular flexibility index (Phi) is 2.68. The molecule has 0 aliphatic rings. The van der Waals surface area contributed by atoms with Crippen LogP contribution in [0.3, 0.4) is 0 Å². The van der Waals surface area contributed by atoms with Crippen LogP contribution in [0.1, 0.15) is 34.1 Å². The summed E-state index contributed by atoms with van der Waals surface area (Å²) in [6.45, 7) is 8.45. The fourth-order valence-corrected chi connectivity index (χ4v) is 0.813. The van der Waals surface area contributed by atoms with Gasteiger partial charge in [0.25, 0.3) is 0 Å². The van der Waals surface area contributed by atoms with E-state index >= 15 is 0 Å². The summed E-state index contributed by atoms with van der Waals surface area (Å²) >= 11 is 0. The van der Waals surface area contributed by atoms with Crippen LogP contribution in [0, 0.1) is 5.41 Å². The van der Waals surface area contributed by atoms with Gasteiger partial charge in [-0.25, -0.2) is 0 Å². The highest BCUT2D eigenvalue weighted by molar-refractivity contribution is 5.82. The smallest absolute Gasteiger partial charge is 0.0350 e. The monoisotopic (exact) mass is 128 g/mol. The minimum Gasteiger partial charge on any atom is -0.323 e. The molecule has 54 valence electrons. The quantitative estimate of drug-likeness (QED) is 0.326. The Labute approximate surface area is 57.1 Å². The Morgan fingerprint density at radius 2 is 1.89 bits per heavy atom. The first-order valence-corrected chi connectivity index (χ1v) is 3.19. The summed E-state index contributed by atoms with van der Waals surface area (Å²) in [6.07, 6.45) is 0.976. The van der Waals surface area contributed by atoms with Crippen LogP contribution < -0.4 is 5.84 Å². The molecule has 2 N–H and O–H groups in total. The second-order valence-corrected chi connectivity index (χ2v) is 3.60. The first kappa shape index (κ1) is 8.47. The maximum absolute atomic E-state index is 5.07. The van der Waals surface area contributed by atoms with E-state index in [1.54, 1.807) is 0 Å². The zero-order valence-corrected chi connectivity index (χ0v) is 6.73. The van der Waals surface area contributed by atoms with Crippen LogP contribution in [0.15, 0.2) is 5.10 Å². The zero-order valence-electron chi connectivity index (χ0n) is 6.73. The van der Waals surface area contributed by atoms with Gasteiger partial charge in [-0.3, -0.25) is 0 Å². The van der Waals surface area contributed by atoms with Gasteiger partial charge in [0.1, 0.15) is 0 Å². The summed E-state index contributed by atoms with van der Waals surface area (Å²) in [5.41, 5.74) is 1.33. The molecule has 0 fully saturated rings. The van der Waals surface area contributed by atoms with Gasteiger partial charge in [0.15, 0.2) is 0 Å². The molecule has 0 saturated carbocycles. The molecular weight excluding hydrogens is 112 g/mol. The Bertz CT molecular complexity index is 109. The van der Waals surface area contributed by atoms with E-state index in [9.17, 15) is 0 Å². The van der Waals surface area contributed by atoms with E-state index in [1.807, 2.05) is 6.92 Å². The van der Waals surface area contributed by atoms with Gasteiger partial charge < -0.3 is 5.84 Å². The number of nitrogens with two attached hydrogens (primary N) is 1. The molecule has 0 aliphatic heterocycles. The van der Waals surface area contributed by atoms with Crippen molar-refractivity contribution < 1.29 is 0 Å². The zero-order chi connectivity index (χ0) is 7.49. The predicted octanol–water partition coefficient (Wildman–Crippen LogP) is 1.76. The SMILES string of the molecule is C/C(CC(C)(C)C)=N\N. The maximum atomic E-state index is 5.07. The van der Waals surface area contributed by atoms with Gasteiger partial charge >= 0.3 is 0 Å². The normalized spacial score (nSPS) is 14.0. The highest BCUT2D eigenvalue weighted by Gasteiger charge is 2.10. The lowest BCUT2D eigenvalue weighted by atomic mass is 9.90. The number of hydrogen-bond acceptors (Lipinski definition) is 2. The molecule has 0 spiro atoms. The Morgan fingerprint density at radius 1 is 1.44 bits per heavy atom. The summed E-state index contributed by atoms with van der Waals surface area (Å²) < 4.78 is 0.